The summed E-state index contributed by atoms with van der Waals surface area (Å²) >= 11 is 4.14. The summed E-state index contributed by atoms with van der Waals surface area (Å²) in [5.74, 6) is 0.977. The van der Waals surface area contributed by atoms with Gasteiger partial charge in [0.05, 0.1) is 0 Å². The highest BCUT2D eigenvalue weighted by molar-refractivity contribution is 7.79. The van der Waals surface area contributed by atoms with Crippen molar-refractivity contribution in [3.8, 4) is 5.75 Å². The molecule has 0 saturated heterocycles. The van der Waals surface area contributed by atoms with Gasteiger partial charge < -0.3 is 10.1 Å². The lowest BCUT2D eigenvalue weighted by Gasteiger charge is -1.91. The highest BCUT2D eigenvalue weighted by Crippen LogP contribution is 2.25. The van der Waals surface area contributed by atoms with Gasteiger partial charge >= 0.3 is 0 Å². The lowest BCUT2D eigenvalue weighted by atomic mass is 10.2. The molecule has 0 atom stereocenters. The second-order valence-corrected chi connectivity index (χ2v) is 3.01. The fraction of sp³-hybridized carbons (Fsp3) is 0.111. The van der Waals surface area contributed by atoms with Crippen LogP contribution in [0.5, 0.6) is 5.75 Å². The molecular formula is C9H9NOS. The number of benzene rings is 1. The molecule has 1 aromatic carbocycles. The zero-order valence-electron chi connectivity index (χ0n) is 6.41. The van der Waals surface area contributed by atoms with Gasteiger partial charge in [0.25, 0.3) is 0 Å². The maximum absolute atomic E-state index is 9.44. The minimum absolute atomic E-state index is 0.316. The van der Waals surface area contributed by atoms with Crippen LogP contribution in [0.1, 0.15) is 5.69 Å². The Morgan fingerprint density at radius 3 is 2.92 bits per heavy atom. The Labute approximate surface area is 75.6 Å². The quantitative estimate of drug-likeness (QED) is 0.577. The first-order chi connectivity index (χ1) is 5.81. The van der Waals surface area contributed by atoms with Crippen LogP contribution in [-0.4, -0.2) is 10.1 Å². The average molecular weight is 179 g/mol. The second-order valence-electron chi connectivity index (χ2n) is 2.69. The van der Waals surface area contributed by atoms with Crippen LogP contribution in [0, 0.1) is 0 Å². The summed E-state index contributed by atoms with van der Waals surface area (Å²) in [4.78, 5) is 3.15. The van der Waals surface area contributed by atoms with Crippen molar-refractivity contribution in [1.29, 1.82) is 0 Å². The average Bonchev–Trinajstić information content (AvgIpc) is 2.49. The van der Waals surface area contributed by atoms with Gasteiger partial charge in [0.2, 0.25) is 0 Å². The van der Waals surface area contributed by atoms with Crippen molar-refractivity contribution in [3.05, 3.63) is 30.0 Å². The lowest BCUT2D eigenvalue weighted by molar-refractivity contribution is 0.481. The van der Waals surface area contributed by atoms with Crippen LogP contribution in [0.3, 0.4) is 0 Å². The third kappa shape index (κ3) is 1.06. The first-order valence-corrected chi connectivity index (χ1v) is 4.35. The van der Waals surface area contributed by atoms with E-state index in [1.807, 2.05) is 18.2 Å². The van der Waals surface area contributed by atoms with Crippen molar-refractivity contribution >= 4 is 23.5 Å². The molecule has 2 N–H and O–H groups in total. The molecular weight excluding hydrogens is 170 g/mol. The van der Waals surface area contributed by atoms with Crippen molar-refractivity contribution in [2.75, 3.05) is 0 Å². The molecule has 0 aliphatic heterocycles. The van der Waals surface area contributed by atoms with E-state index in [1.54, 1.807) is 6.07 Å². The molecule has 0 aliphatic carbocycles. The van der Waals surface area contributed by atoms with Crippen molar-refractivity contribution in [2.24, 2.45) is 0 Å². The maximum Gasteiger partial charge on any atom is 0.124 e. The minimum atomic E-state index is 0.316. The van der Waals surface area contributed by atoms with E-state index in [0.717, 1.165) is 16.6 Å². The summed E-state index contributed by atoms with van der Waals surface area (Å²) in [6.45, 7) is 0. The predicted molar refractivity (Wildman–Crippen MR) is 52.7 cm³/mol. The standard InChI is InChI=1S/C9H9NOS/c11-9-3-1-2-8-7(9)4-6(5-12)10-8/h1-4,10-12H,5H2. The van der Waals surface area contributed by atoms with Crippen LogP contribution in [0.2, 0.25) is 0 Å². The molecule has 12 heavy (non-hydrogen) atoms. The van der Waals surface area contributed by atoms with Gasteiger partial charge in [0.15, 0.2) is 0 Å². The number of fused-ring (bicyclic) bond motifs is 1. The Bertz CT molecular complexity index is 408. The Hall–Kier alpha value is -1.09. The number of aromatic hydroxyl groups is 1. The van der Waals surface area contributed by atoms with Crippen LogP contribution in [0.15, 0.2) is 24.3 Å². The molecule has 0 aliphatic rings. The van der Waals surface area contributed by atoms with Gasteiger partial charge in [0, 0.05) is 22.3 Å². The van der Waals surface area contributed by atoms with E-state index in [9.17, 15) is 5.11 Å². The van der Waals surface area contributed by atoms with Gasteiger partial charge in [0.1, 0.15) is 5.75 Å². The normalized spacial score (nSPS) is 10.8. The molecule has 0 bridgehead atoms. The number of hydrogen-bond donors (Lipinski definition) is 3. The summed E-state index contributed by atoms with van der Waals surface area (Å²) in [5, 5.41) is 10.3. The SMILES string of the molecule is Oc1cccc2[nH]c(CS)cc12. The summed E-state index contributed by atoms with van der Waals surface area (Å²) in [5.41, 5.74) is 1.98. The van der Waals surface area contributed by atoms with Gasteiger partial charge in [-0.2, -0.15) is 12.6 Å². The molecule has 0 radical (unpaired) electrons. The summed E-state index contributed by atoms with van der Waals surface area (Å²) in [6.07, 6.45) is 0. The van der Waals surface area contributed by atoms with Crippen molar-refractivity contribution in [2.45, 2.75) is 5.75 Å². The maximum atomic E-state index is 9.44. The van der Waals surface area contributed by atoms with Crippen LogP contribution in [0.4, 0.5) is 0 Å². The first-order valence-electron chi connectivity index (χ1n) is 3.71. The molecule has 2 aromatic rings. The molecule has 1 heterocycles. The third-order valence-electron chi connectivity index (χ3n) is 1.87. The number of phenolic OH excluding ortho intramolecular Hbond substituents is 1. The molecule has 2 nitrogen and oxygen atoms in total. The Balaban J connectivity index is 2.74. The number of H-pyrrole nitrogens is 1. The summed E-state index contributed by atoms with van der Waals surface area (Å²) < 4.78 is 0. The molecule has 0 spiro atoms. The summed E-state index contributed by atoms with van der Waals surface area (Å²) in [6, 6.07) is 7.34. The lowest BCUT2D eigenvalue weighted by Crippen LogP contribution is -1.72. The third-order valence-corrected chi connectivity index (χ3v) is 2.21. The Morgan fingerprint density at radius 2 is 2.25 bits per heavy atom. The molecule has 3 heteroatoms. The molecule has 1 aromatic heterocycles. The monoisotopic (exact) mass is 179 g/mol. The van der Waals surface area contributed by atoms with E-state index in [2.05, 4.69) is 17.6 Å². The van der Waals surface area contributed by atoms with Gasteiger partial charge in [-0.1, -0.05) is 6.07 Å². The van der Waals surface area contributed by atoms with E-state index in [-0.39, 0.29) is 0 Å². The largest absolute Gasteiger partial charge is 0.507 e. The topological polar surface area (TPSA) is 36.0 Å². The smallest absolute Gasteiger partial charge is 0.124 e. The number of nitrogens with one attached hydrogen (secondary N) is 1. The minimum Gasteiger partial charge on any atom is -0.507 e. The Kier molecular flexibility index (Phi) is 1.73. The highest BCUT2D eigenvalue weighted by Gasteiger charge is 2.01. The van der Waals surface area contributed by atoms with Gasteiger partial charge in [-0.3, -0.25) is 0 Å². The predicted octanol–water partition coefficient (Wildman–Crippen LogP) is 2.30. The number of phenols is 1. The van der Waals surface area contributed by atoms with E-state index in [0.29, 0.717) is 11.5 Å². The first kappa shape index (κ1) is 7.55. The fourth-order valence-electron chi connectivity index (χ4n) is 1.28. The number of thiol groups is 1. The molecule has 0 amide bonds. The van der Waals surface area contributed by atoms with Gasteiger partial charge in [-0.15, -0.1) is 0 Å². The van der Waals surface area contributed by atoms with Crippen LogP contribution >= 0.6 is 12.6 Å². The van der Waals surface area contributed by atoms with Crippen LogP contribution < -0.4 is 0 Å². The van der Waals surface area contributed by atoms with Gasteiger partial charge in [-0.25, -0.2) is 0 Å². The molecule has 0 saturated carbocycles. The van der Waals surface area contributed by atoms with Crippen LogP contribution in [-0.2, 0) is 5.75 Å². The van der Waals surface area contributed by atoms with E-state index in [1.165, 1.54) is 0 Å². The molecule has 0 fully saturated rings. The number of hydrogen-bond acceptors (Lipinski definition) is 2. The molecule has 62 valence electrons. The molecule has 0 unspecified atom stereocenters. The number of aromatic nitrogens is 1. The second kappa shape index (κ2) is 2.75. The number of aromatic amines is 1. The molecule has 2 rings (SSSR count). The van der Waals surface area contributed by atoms with Crippen molar-refractivity contribution in [1.82, 2.24) is 4.98 Å². The van der Waals surface area contributed by atoms with E-state index < -0.39 is 0 Å². The van der Waals surface area contributed by atoms with Crippen molar-refractivity contribution < 1.29 is 5.11 Å². The highest BCUT2D eigenvalue weighted by atomic mass is 32.1. The Morgan fingerprint density at radius 1 is 1.42 bits per heavy atom. The fourth-order valence-corrected chi connectivity index (χ4v) is 1.45. The zero-order valence-corrected chi connectivity index (χ0v) is 7.31. The van der Waals surface area contributed by atoms with E-state index in [4.69, 9.17) is 0 Å². The summed E-state index contributed by atoms with van der Waals surface area (Å²) in [7, 11) is 0. The number of rotatable bonds is 1. The van der Waals surface area contributed by atoms with E-state index >= 15 is 0 Å². The zero-order chi connectivity index (χ0) is 8.55. The van der Waals surface area contributed by atoms with Crippen molar-refractivity contribution in [3.63, 3.8) is 0 Å². The van der Waals surface area contributed by atoms with Crippen LogP contribution in [0.25, 0.3) is 10.9 Å². The van der Waals surface area contributed by atoms with Gasteiger partial charge in [-0.05, 0) is 18.2 Å².